The van der Waals surface area contributed by atoms with Gasteiger partial charge in [-0.3, -0.25) is 0 Å². The van der Waals surface area contributed by atoms with Crippen LogP contribution < -0.4 is 0 Å². The number of hydrogen-bond donors (Lipinski definition) is 1. The number of aliphatic hydroxyl groups is 1. The van der Waals surface area contributed by atoms with Crippen molar-refractivity contribution in [2.24, 2.45) is 5.28 Å². The van der Waals surface area contributed by atoms with Gasteiger partial charge in [0.25, 0.3) is 0 Å². The minimum absolute atomic E-state index is 0.243. The highest BCUT2D eigenvalue weighted by Crippen LogP contribution is 1.93. The zero-order chi connectivity index (χ0) is 9.56. The Bertz CT molecular complexity index is 149. The molecule has 0 aliphatic heterocycles. The van der Waals surface area contributed by atoms with Gasteiger partial charge in [0.2, 0.25) is 5.28 Å². The second-order valence-corrected chi connectivity index (χ2v) is 2.37. The lowest BCUT2D eigenvalue weighted by Crippen LogP contribution is -2.36. The molecule has 72 valence electrons. The van der Waals surface area contributed by atoms with Crippen molar-refractivity contribution in [3.8, 4) is 0 Å². The SMILES string of the molecule is CCN(CC(C)O)[N+]([O-])=NOC. The molecule has 0 heterocycles. The summed E-state index contributed by atoms with van der Waals surface area (Å²) in [7, 11) is 1.29. The van der Waals surface area contributed by atoms with Gasteiger partial charge in [0, 0.05) is 0 Å². The van der Waals surface area contributed by atoms with Crippen molar-refractivity contribution in [1.82, 2.24) is 5.01 Å². The van der Waals surface area contributed by atoms with Crippen molar-refractivity contribution >= 4 is 0 Å². The Balaban J connectivity index is 4.05. The predicted molar refractivity (Wildman–Crippen MR) is 42.0 cm³/mol. The van der Waals surface area contributed by atoms with E-state index < -0.39 is 6.10 Å². The number of aliphatic hydroxyl groups excluding tert-OH is 1. The van der Waals surface area contributed by atoms with Crippen LogP contribution in [0.1, 0.15) is 13.8 Å². The van der Waals surface area contributed by atoms with Gasteiger partial charge in [0.1, 0.15) is 13.7 Å². The molecule has 12 heavy (non-hydrogen) atoms. The molecule has 0 bridgehead atoms. The molecule has 0 amide bonds. The molecule has 0 saturated carbocycles. The summed E-state index contributed by atoms with van der Waals surface area (Å²) in [5.74, 6) is 0. The van der Waals surface area contributed by atoms with Crippen molar-refractivity contribution in [2.45, 2.75) is 20.0 Å². The zero-order valence-corrected chi connectivity index (χ0v) is 7.60. The Morgan fingerprint density at radius 3 is 2.67 bits per heavy atom. The number of rotatable bonds is 5. The van der Waals surface area contributed by atoms with Gasteiger partial charge in [-0.15, -0.1) is 5.01 Å². The highest BCUT2D eigenvalue weighted by atomic mass is 16.7. The fraction of sp³-hybridized carbons (Fsp3) is 1.00. The fourth-order valence-electron chi connectivity index (χ4n) is 0.746. The van der Waals surface area contributed by atoms with E-state index in [1.807, 2.05) is 0 Å². The van der Waals surface area contributed by atoms with Crippen LogP contribution in [0, 0.1) is 5.21 Å². The summed E-state index contributed by atoms with van der Waals surface area (Å²) in [6.45, 7) is 4.11. The summed E-state index contributed by atoms with van der Waals surface area (Å²) in [6.07, 6.45) is -0.562. The summed E-state index contributed by atoms with van der Waals surface area (Å²) in [6, 6.07) is 0. The van der Waals surface area contributed by atoms with E-state index in [4.69, 9.17) is 5.11 Å². The third-order valence-electron chi connectivity index (χ3n) is 1.23. The molecule has 0 radical (unpaired) electrons. The van der Waals surface area contributed by atoms with E-state index >= 15 is 0 Å². The smallest absolute Gasteiger partial charge is 0.232 e. The Labute approximate surface area is 71.6 Å². The van der Waals surface area contributed by atoms with Crippen LogP contribution in [0.2, 0.25) is 0 Å². The van der Waals surface area contributed by atoms with Gasteiger partial charge in [0.05, 0.1) is 17.6 Å². The van der Waals surface area contributed by atoms with Crippen LogP contribution in [0.4, 0.5) is 0 Å². The van der Waals surface area contributed by atoms with E-state index in [9.17, 15) is 5.21 Å². The summed E-state index contributed by atoms with van der Waals surface area (Å²) >= 11 is 0. The molecule has 0 aromatic carbocycles. The molecule has 1 N–H and O–H groups in total. The number of nitrogens with zero attached hydrogens (tertiary/aromatic N) is 3. The topological polar surface area (TPSA) is 71.1 Å². The lowest BCUT2D eigenvalue weighted by atomic mass is 10.4. The van der Waals surface area contributed by atoms with E-state index in [0.29, 0.717) is 11.5 Å². The maximum Gasteiger partial charge on any atom is 0.232 e. The summed E-state index contributed by atoms with van der Waals surface area (Å²) in [4.78, 5) is 4.61. The molecule has 0 rings (SSSR count). The first-order chi connectivity index (χ1) is 5.61. The van der Waals surface area contributed by atoms with E-state index in [1.54, 1.807) is 13.8 Å². The first kappa shape index (κ1) is 11.0. The van der Waals surface area contributed by atoms with Gasteiger partial charge in [-0.2, -0.15) is 0 Å². The minimum atomic E-state index is -0.562. The number of likely N-dealkylation sites (N-methyl/N-ethyl adjacent to an activating group) is 1. The normalized spacial score (nSPS) is 14.2. The largest absolute Gasteiger partial charge is 0.569 e. The first-order valence-electron chi connectivity index (χ1n) is 3.76. The Morgan fingerprint density at radius 2 is 2.33 bits per heavy atom. The standard InChI is InChI=1S/C6H15N3O3/c1-4-8(5-6(2)10)9(11)7-12-3/h6,10H,4-5H2,1-3H3. The molecule has 1 unspecified atom stereocenters. The van der Waals surface area contributed by atoms with Crippen LogP contribution in [0.15, 0.2) is 5.28 Å². The minimum Gasteiger partial charge on any atom is -0.569 e. The molecule has 0 fully saturated rings. The monoisotopic (exact) mass is 177 g/mol. The van der Waals surface area contributed by atoms with Gasteiger partial charge in [0.15, 0.2) is 0 Å². The molecule has 0 aliphatic carbocycles. The predicted octanol–water partition coefficient (Wildman–Crippen LogP) is 0.128. The van der Waals surface area contributed by atoms with Gasteiger partial charge < -0.3 is 15.2 Å². The molecule has 0 aromatic rings. The van der Waals surface area contributed by atoms with Crippen LogP contribution in [0.5, 0.6) is 0 Å². The van der Waals surface area contributed by atoms with E-state index in [-0.39, 0.29) is 6.54 Å². The van der Waals surface area contributed by atoms with Crippen LogP contribution in [0.25, 0.3) is 0 Å². The molecule has 0 spiro atoms. The second kappa shape index (κ2) is 5.59. The summed E-state index contributed by atoms with van der Waals surface area (Å²) in [5, 5.41) is 24.4. The van der Waals surface area contributed by atoms with Gasteiger partial charge >= 0.3 is 0 Å². The van der Waals surface area contributed by atoms with E-state index in [1.165, 1.54) is 12.1 Å². The Morgan fingerprint density at radius 1 is 1.75 bits per heavy atom. The van der Waals surface area contributed by atoms with Crippen LogP contribution in [-0.4, -0.2) is 41.4 Å². The average Bonchev–Trinajstić information content (AvgIpc) is 2.00. The maximum absolute atomic E-state index is 10.9. The van der Waals surface area contributed by atoms with Gasteiger partial charge in [-0.1, -0.05) is 0 Å². The zero-order valence-electron chi connectivity index (χ0n) is 7.60. The van der Waals surface area contributed by atoms with Crippen molar-refractivity contribution in [1.29, 1.82) is 0 Å². The Hall–Kier alpha value is -1.04. The van der Waals surface area contributed by atoms with Crippen molar-refractivity contribution in [3.05, 3.63) is 5.21 Å². The highest BCUT2D eigenvalue weighted by Gasteiger charge is 2.12. The summed E-state index contributed by atoms with van der Waals surface area (Å²) in [5.41, 5.74) is 0. The molecular weight excluding hydrogens is 162 g/mol. The molecule has 0 aliphatic rings. The molecule has 6 heteroatoms. The second-order valence-electron chi connectivity index (χ2n) is 2.37. The van der Waals surface area contributed by atoms with Crippen LogP contribution >= 0.6 is 0 Å². The lowest BCUT2D eigenvalue weighted by Gasteiger charge is -2.16. The van der Waals surface area contributed by atoms with E-state index in [0.717, 1.165) is 0 Å². The molecule has 6 nitrogen and oxygen atoms in total. The molecule has 0 saturated heterocycles. The van der Waals surface area contributed by atoms with E-state index in [2.05, 4.69) is 10.1 Å². The lowest BCUT2D eigenvalue weighted by molar-refractivity contribution is -0.710. The molecule has 1 atom stereocenters. The highest BCUT2D eigenvalue weighted by molar-refractivity contribution is 4.48. The van der Waals surface area contributed by atoms with Gasteiger partial charge in [-0.25, -0.2) is 0 Å². The molecular formula is C6H15N3O3. The average molecular weight is 177 g/mol. The maximum atomic E-state index is 10.9. The first-order valence-corrected chi connectivity index (χ1v) is 3.76. The van der Waals surface area contributed by atoms with Crippen molar-refractivity contribution in [3.63, 3.8) is 0 Å². The van der Waals surface area contributed by atoms with Crippen LogP contribution in [-0.2, 0) is 4.84 Å². The van der Waals surface area contributed by atoms with Crippen molar-refractivity contribution in [2.75, 3.05) is 20.2 Å². The fourth-order valence-corrected chi connectivity index (χ4v) is 0.746. The number of hydrazine groups is 1. The van der Waals surface area contributed by atoms with Crippen LogP contribution in [0.3, 0.4) is 0 Å². The van der Waals surface area contributed by atoms with Crippen molar-refractivity contribution < 1.29 is 14.9 Å². The van der Waals surface area contributed by atoms with Gasteiger partial charge in [-0.05, 0) is 13.8 Å². The molecule has 0 aromatic heterocycles. The number of hydrogen-bond acceptors (Lipinski definition) is 4. The quantitative estimate of drug-likeness (QED) is 0.368. The summed E-state index contributed by atoms with van der Waals surface area (Å²) < 4.78 is 0. The third-order valence-corrected chi connectivity index (χ3v) is 1.23. The third kappa shape index (κ3) is 3.97. The Kier molecular flexibility index (Phi) is 5.11.